The van der Waals surface area contributed by atoms with Crippen LogP contribution in [0.4, 0.5) is 0 Å². The molecular weight excluding hydrogens is 236 g/mol. The van der Waals surface area contributed by atoms with Crippen LogP contribution in [-0.4, -0.2) is 11.9 Å². The van der Waals surface area contributed by atoms with E-state index >= 15 is 0 Å². The Kier molecular flexibility index (Phi) is 4.54. The molecule has 0 heterocycles. The highest BCUT2D eigenvalue weighted by Crippen LogP contribution is 2.18. The summed E-state index contributed by atoms with van der Waals surface area (Å²) in [5.41, 5.74) is 6.50. The molecule has 4 heteroatoms. The number of benzene rings is 1. The number of carbonyl (C=O) groups is 1. The molecule has 3 nitrogen and oxygen atoms in total. The Bertz CT molecular complexity index is 399. The molecule has 1 rings (SSSR count). The number of hydrogen-bond acceptors (Lipinski definition) is 2. The number of hydrogen-bond donors (Lipinski definition) is 2. The van der Waals surface area contributed by atoms with E-state index in [0.717, 1.165) is 5.56 Å². The summed E-state index contributed by atoms with van der Waals surface area (Å²) in [5.74, 6) is -0.155. The lowest BCUT2D eigenvalue weighted by Crippen LogP contribution is -2.48. The fraction of sp³-hybridized carbons (Fsp3) is 0.462. The van der Waals surface area contributed by atoms with Crippen molar-refractivity contribution in [3.63, 3.8) is 0 Å². The topological polar surface area (TPSA) is 55.1 Å². The van der Waals surface area contributed by atoms with Gasteiger partial charge >= 0.3 is 0 Å². The van der Waals surface area contributed by atoms with Crippen molar-refractivity contribution in [3.05, 3.63) is 34.9 Å². The van der Waals surface area contributed by atoms with Gasteiger partial charge in [-0.2, -0.15) is 0 Å². The molecule has 0 saturated heterocycles. The minimum absolute atomic E-state index is 0.155. The zero-order chi connectivity index (χ0) is 13.1. The monoisotopic (exact) mass is 254 g/mol. The Balaban J connectivity index is 2.58. The van der Waals surface area contributed by atoms with E-state index in [1.54, 1.807) is 6.07 Å². The maximum Gasteiger partial charge on any atom is 0.237 e. The lowest BCUT2D eigenvalue weighted by Gasteiger charge is -2.25. The summed E-state index contributed by atoms with van der Waals surface area (Å²) in [5, 5.41) is 3.45. The Morgan fingerprint density at radius 3 is 2.53 bits per heavy atom. The first kappa shape index (κ1) is 14.0. The third-order valence-electron chi connectivity index (χ3n) is 2.63. The molecule has 0 spiro atoms. The molecule has 17 heavy (non-hydrogen) atoms. The minimum Gasteiger partial charge on any atom is -0.351 e. The van der Waals surface area contributed by atoms with E-state index in [2.05, 4.69) is 5.32 Å². The van der Waals surface area contributed by atoms with E-state index in [1.807, 2.05) is 39.0 Å². The quantitative estimate of drug-likeness (QED) is 0.870. The summed E-state index contributed by atoms with van der Waals surface area (Å²) < 4.78 is 0. The van der Waals surface area contributed by atoms with Crippen LogP contribution >= 0.6 is 11.6 Å². The van der Waals surface area contributed by atoms with Crippen LogP contribution in [-0.2, 0) is 11.3 Å². The molecule has 1 amide bonds. The molecule has 1 aromatic rings. The van der Waals surface area contributed by atoms with Crippen molar-refractivity contribution in [3.8, 4) is 0 Å². The highest BCUT2D eigenvalue weighted by atomic mass is 35.5. The summed E-state index contributed by atoms with van der Waals surface area (Å²) >= 11 is 5.99. The smallest absolute Gasteiger partial charge is 0.237 e. The average Bonchev–Trinajstić information content (AvgIpc) is 2.25. The van der Waals surface area contributed by atoms with Crippen LogP contribution in [0.1, 0.15) is 26.3 Å². The predicted molar refractivity (Wildman–Crippen MR) is 70.7 cm³/mol. The molecule has 0 aliphatic heterocycles. The van der Waals surface area contributed by atoms with Gasteiger partial charge in [0, 0.05) is 11.6 Å². The van der Waals surface area contributed by atoms with Crippen LogP contribution in [0.15, 0.2) is 24.3 Å². The average molecular weight is 255 g/mol. The van der Waals surface area contributed by atoms with Crippen LogP contribution in [0, 0.1) is 5.41 Å². The largest absolute Gasteiger partial charge is 0.351 e. The molecule has 94 valence electrons. The second kappa shape index (κ2) is 5.52. The molecule has 0 fully saturated rings. The molecule has 3 N–H and O–H groups in total. The van der Waals surface area contributed by atoms with Gasteiger partial charge in [0.05, 0.1) is 6.04 Å². The maximum absolute atomic E-state index is 11.8. The molecular formula is C13H19ClN2O. The fourth-order valence-electron chi connectivity index (χ4n) is 1.33. The summed E-state index contributed by atoms with van der Waals surface area (Å²) in [6.07, 6.45) is 0. The van der Waals surface area contributed by atoms with Crippen molar-refractivity contribution in [1.29, 1.82) is 0 Å². The SMILES string of the molecule is CC(C)(C)C(N)C(=O)NCc1ccccc1Cl. The molecule has 0 aliphatic rings. The molecule has 0 saturated carbocycles. The van der Waals surface area contributed by atoms with Gasteiger partial charge < -0.3 is 11.1 Å². The van der Waals surface area contributed by atoms with E-state index in [-0.39, 0.29) is 11.3 Å². The van der Waals surface area contributed by atoms with Crippen molar-refractivity contribution in [2.24, 2.45) is 11.1 Å². The van der Waals surface area contributed by atoms with Gasteiger partial charge in [0.15, 0.2) is 0 Å². The van der Waals surface area contributed by atoms with Gasteiger partial charge in [-0.15, -0.1) is 0 Å². The summed E-state index contributed by atoms with van der Waals surface area (Å²) in [6, 6.07) is 6.90. The number of carbonyl (C=O) groups excluding carboxylic acids is 1. The first-order valence-electron chi connectivity index (χ1n) is 5.59. The van der Waals surface area contributed by atoms with Crippen LogP contribution < -0.4 is 11.1 Å². The number of amides is 1. The summed E-state index contributed by atoms with van der Waals surface area (Å²) in [6.45, 7) is 6.22. The highest BCUT2D eigenvalue weighted by molar-refractivity contribution is 6.31. The van der Waals surface area contributed by atoms with E-state index in [1.165, 1.54) is 0 Å². The number of nitrogens with two attached hydrogens (primary N) is 1. The van der Waals surface area contributed by atoms with Gasteiger partial charge in [0.1, 0.15) is 0 Å². The summed E-state index contributed by atoms with van der Waals surface area (Å²) in [4.78, 5) is 11.8. The maximum atomic E-state index is 11.8. The van der Waals surface area contributed by atoms with Crippen molar-refractivity contribution >= 4 is 17.5 Å². The van der Waals surface area contributed by atoms with Crippen LogP contribution in [0.3, 0.4) is 0 Å². The second-order valence-corrected chi connectivity index (χ2v) is 5.56. The minimum atomic E-state index is -0.523. The zero-order valence-electron chi connectivity index (χ0n) is 10.5. The summed E-state index contributed by atoms with van der Waals surface area (Å²) in [7, 11) is 0. The van der Waals surface area contributed by atoms with Gasteiger partial charge in [-0.1, -0.05) is 50.6 Å². The number of rotatable bonds is 3. The zero-order valence-corrected chi connectivity index (χ0v) is 11.2. The number of nitrogens with one attached hydrogen (secondary N) is 1. The molecule has 1 unspecified atom stereocenters. The highest BCUT2D eigenvalue weighted by Gasteiger charge is 2.27. The molecule has 1 aromatic carbocycles. The van der Waals surface area contributed by atoms with E-state index < -0.39 is 6.04 Å². The van der Waals surface area contributed by atoms with E-state index in [0.29, 0.717) is 11.6 Å². The fourth-order valence-corrected chi connectivity index (χ4v) is 1.53. The first-order chi connectivity index (χ1) is 7.82. The molecule has 1 atom stereocenters. The van der Waals surface area contributed by atoms with Crippen molar-refractivity contribution in [2.45, 2.75) is 33.4 Å². The second-order valence-electron chi connectivity index (χ2n) is 5.15. The molecule has 0 aliphatic carbocycles. The first-order valence-corrected chi connectivity index (χ1v) is 5.97. The van der Waals surface area contributed by atoms with Crippen LogP contribution in [0.5, 0.6) is 0 Å². The van der Waals surface area contributed by atoms with Gasteiger partial charge in [-0.05, 0) is 17.0 Å². The Labute approximate surface area is 107 Å². The standard InChI is InChI=1S/C13H19ClN2O/c1-13(2,3)11(15)12(17)16-8-9-6-4-5-7-10(9)14/h4-7,11H,8,15H2,1-3H3,(H,16,17). The Morgan fingerprint density at radius 2 is 2.00 bits per heavy atom. The van der Waals surface area contributed by atoms with Crippen molar-refractivity contribution in [2.75, 3.05) is 0 Å². The lowest BCUT2D eigenvalue weighted by molar-refractivity contribution is -0.124. The van der Waals surface area contributed by atoms with Gasteiger partial charge in [-0.25, -0.2) is 0 Å². The van der Waals surface area contributed by atoms with E-state index in [9.17, 15) is 4.79 Å². The van der Waals surface area contributed by atoms with Crippen LogP contribution in [0.2, 0.25) is 5.02 Å². The normalized spacial score (nSPS) is 13.2. The van der Waals surface area contributed by atoms with Crippen LogP contribution in [0.25, 0.3) is 0 Å². The van der Waals surface area contributed by atoms with Gasteiger partial charge in [0.25, 0.3) is 0 Å². The van der Waals surface area contributed by atoms with Gasteiger partial charge in [0.2, 0.25) is 5.91 Å². The van der Waals surface area contributed by atoms with Gasteiger partial charge in [-0.3, -0.25) is 4.79 Å². The Morgan fingerprint density at radius 1 is 1.41 bits per heavy atom. The number of halogens is 1. The predicted octanol–water partition coefficient (Wildman–Crippen LogP) is 2.33. The third-order valence-corrected chi connectivity index (χ3v) is 3.00. The third kappa shape index (κ3) is 4.02. The van der Waals surface area contributed by atoms with Crippen molar-refractivity contribution in [1.82, 2.24) is 5.32 Å². The molecule has 0 aromatic heterocycles. The van der Waals surface area contributed by atoms with E-state index in [4.69, 9.17) is 17.3 Å². The lowest BCUT2D eigenvalue weighted by atomic mass is 9.87. The van der Waals surface area contributed by atoms with Crippen molar-refractivity contribution < 1.29 is 4.79 Å². The molecule has 0 radical (unpaired) electrons. The molecule has 0 bridgehead atoms. The Hall–Kier alpha value is -1.06.